The number of hydrogen-bond acceptors (Lipinski definition) is 4. The third-order valence-corrected chi connectivity index (χ3v) is 4.45. The molecule has 0 aromatic carbocycles. The number of methoxy groups -OCH3 is 1. The molecule has 5 heteroatoms. The number of ketones is 1. The van der Waals surface area contributed by atoms with E-state index in [4.69, 9.17) is 4.74 Å². The topological polar surface area (TPSA) is 56.2 Å². The highest BCUT2D eigenvalue weighted by Gasteiger charge is 2.41. The van der Waals surface area contributed by atoms with Crippen molar-refractivity contribution in [2.45, 2.75) is 32.2 Å². The van der Waals surface area contributed by atoms with Crippen LogP contribution < -0.4 is 5.32 Å². The van der Waals surface area contributed by atoms with Gasteiger partial charge in [0.25, 0.3) is 0 Å². The van der Waals surface area contributed by atoms with Crippen molar-refractivity contribution in [3.8, 4) is 0 Å². The summed E-state index contributed by atoms with van der Waals surface area (Å²) in [6.45, 7) is 3.31. The Kier molecular flexibility index (Phi) is 3.41. The maximum Gasteiger partial charge on any atom is 0.181 e. The molecule has 19 heavy (non-hydrogen) atoms. The number of aromatic nitrogens is 2. The van der Waals surface area contributed by atoms with Crippen LogP contribution in [0.5, 0.6) is 0 Å². The number of Topliss-reactive ketones (excluding diaryl/α,β-unsaturated/α-hetero) is 1. The van der Waals surface area contributed by atoms with Crippen LogP contribution in [0.4, 0.5) is 0 Å². The van der Waals surface area contributed by atoms with Gasteiger partial charge in [-0.2, -0.15) is 5.10 Å². The largest absolute Gasteiger partial charge is 0.383 e. The minimum Gasteiger partial charge on any atom is -0.383 e. The first kappa shape index (κ1) is 12.8. The van der Waals surface area contributed by atoms with Gasteiger partial charge in [0, 0.05) is 19.1 Å². The normalized spacial score (nSPS) is 21.6. The molecule has 1 aliphatic heterocycles. The van der Waals surface area contributed by atoms with Gasteiger partial charge in [0.1, 0.15) is 5.69 Å². The molecule has 0 radical (unpaired) electrons. The first-order valence-corrected chi connectivity index (χ1v) is 7.02. The Hall–Kier alpha value is -1.20. The van der Waals surface area contributed by atoms with Gasteiger partial charge >= 0.3 is 0 Å². The van der Waals surface area contributed by atoms with Gasteiger partial charge in [-0.1, -0.05) is 0 Å². The molecule has 0 atom stereocenters. The molecule has 1 aromatic heterocycles. The SMILES string of the molecule is COCCn1ncc2c1C(=O)CC1(CCNCC1)C2. The maximum atomic E-state index is 12.5. The highest BCUT2D eigenvalue weighted by Crippen LogP contribution is 2.41. The number of fused-ring (bicyclic) bond motifs is 1. The van der Waals surface area contributed by atoms with Crippen LogP contribution in [0.2, 0.25) is 0 Å². The molecule has 104 valence electrons. The molecule has 0 amide bonds. The molecular formula is C14H21N3O2. The lowest BCUT2D eigenvalue weighted by Crippen LogP contribution is -2.42. The van der Waals surface area contributed by atoms with Crippen molar-refractivity contribution in [1.29, 1.82) is 0 Å². The van der Waals surface area contributed by atoms with Gasteiger partial charge in [0.2, 0.25) is 0 Å². The summed E-state index contributed by atoms with van der Waals surface area (Å²) in [5.74, 6) is 0.261. The van der Waals surface area contributed by atoms with Gasteiger partial charge in [0.15, 0.2) is 5.78 Å². The van der Waals surface area contributed by atoms with Crippen LogP contribution in [-0.4, -0.2) is 42.4 Å². The number of rotatable bonds is 3. The van der Waals surface area contributed by atoms with Gasteiger partial charge in [-0.05, 0) is 37.8 Å². The van der Waals surface area contributed by atoms with Gasteiger partial charge in [0.05, 0.1) is 19.3 Å². The van der Waals surface area contributed by atoms with E-state index in [-0.39, 0.29) is 11.2 Å². The van der Waals surface area contributed by atoms with Crippen LogP contribution in [-0.2, 0) is 17.7 Å². The zero-order chi connectivity index (χ0) is 13.3. The second kappa shape index (κ2) is 5.06. The van der Waals surface area contributed by atoms with Crippen molar-refractivity contribution in [2.24, 2.45) is 5.41 Å². The predicted octanol–water partition coefficient (Wildman–Crippen LogP) is 1.03. The first-order valence-electron chi connectivity index (χ1n) is 7.02. The monoisotopic (exact) mass is 263 g/mol. The Morgan fingerprint density at radius 2 is 2.21 bits per heavy atom. The molecule has 5 nitrogen and oxygen atoms in total. The molecule has 1 fully saturated rings. The summed E-state index contributed by atoms with van der Waals surface area (Å²) in [4.78, 5) is 12.5. The Balaban J connectivity index is 1.85. The lowest BCUT2D eigenvalue weighted by Gasteiger charge is -2.39. The van der Waals surface area contributed by atoms with Crippen molar-refractivity contribution in [3.63, 3.8) is 0 Å². The van der Waals surface area contributed by atoms with Crippen molar-refractivity contribution in [2.75, 3.05) is 26.8 Å². The van der Waals surface area contributed by atoms with Crippen molar-refractivity contribution < 1.29 is 9.53 Å². The number of carbonyl (C=O) groups is 1. The van der Waals surface area contributed by atoms with E-state index in [1.54, 1.807) is 7.11 Å². The summed E-state index contributed by atoms with van der Waals surface area (Å²) in [6.07, 6.45) is 5.76. The van der Waals surface area contributed by atoms with E-state index in [0.717, 1.165) is 43.6 Å². The second-order valence-electron chi connectivity index (χ2n) is 5.76. The average molecular weight is 263 g/mol. The van der Waals surface area contributed by atoms with E-state index >= 15 is 0 Å². The molecule has 1 aliphatic carbocycles. The lowest BCUT2D eigenvalue weighted by atomic mass is 9.67. The molecule has 3 rings (SSSR count). The zero-order valence-corrected chi connectivity index (χ0v) is 11.4. The van der Waals surface area contributed by atoms with Gasteiger partial charge < -0.3 is 10.1 Å². The zero-order valence-electron chi connectivity index (χ0n) is 11.4. The summed E-state index contributed by atoms with van der Waals surface area (Å²) in [6, 6.07) is 0. The summed E-state index contributed by atoms with van der Waals surface area (Å²) < 4.78 is 6.89. The minimum absolute atomic E-state index is 0.185. The number of ether oxygens (including phenoxy) is 1. The van der Waals surface area contributed by atoms with E-state index in [2.05, 4.69) is 10.4 Å². The molecule has 0 unspecified atom stereocenters. The Morgan fingerprint density at radius 3 is 2.95 bits per heavy atom. The number of nitrogens with one attached hydrogen (secondary N) is 1. The summed E-state index contributed by atoms with van der Waals surface area (Å²) in [5, 5.41) is 7.74. The van der Waals surface area contributed by atoms with Crippen molar-refractivity contribution >= 4 is 5.78 Å². The van der Waals surface area contributed by atoms with E-state index in [1.807, 2.05) is 10.9 Å². The Bertz CT molecular complexity index is 475. The fraction of sp³-hybridized carbons (Fsp3) is 0.714. The molecule has 2 heterocycles. The highest BCUT2D eigenvalue weighted by molar-refractivity contribution is 5.97. The van der Waals surface area contributed by atoms with Crippen LogP contribution in [0.1, 0.15) is 35.3 Å². The summed E-state index contributed by atoms with van der Waals surface area (Å²) in [5.41, 5.74) is 2.14. The van der Waals surface area contributed by atoms with Gasteiger partial charge in [-0.15, -0.1) is 0 Å². The van der Waals surface area contributed by atoms with Crippen LogP contribution in [0.25, 0.3) is 0 Å². The molecule has 1 saturated heterocycles. The van der Waals surface area contributed by atoms with Gasteiger partial charge in [-0.3, -0.25) is 9.48 Å². The Labute approximate surface area is 113 Å². The molecule has 1 spiro atoms. The quantitative estimate of drug-likeness (QED) is 0.885. The Morgan fingerprint density at radius 1 is 1.42 bits per heavy atom. The van der Waals surface area contributed by atoms with Crippen LogP contribution in [0.3, 0.4) is 0 Å². The smallest absolute Gasteiger partial charge is 0.181 e. The molecule has 0 bridgehead atoms. The van der Waals surface area contributed by atoms with Crippen LogP contribution in [0.15, 0.2) is 6.20 Å². The van der Waals surface area contributed by atoms with Crippen LogP contribution >= 0.6 is 0 Å². The van der Waals surface area contributed by atoms with Crippen molar-refractivity contribution in [1.82, 2.24) is 15.1 Å². The fourth-order valence-electron chi connectivity index (χ4n) is 3.43. The number of nitrogens with zero attached hydrogens (tertiary/aromatic N) is 2. The third kappa shape index (κ3) is 2.32. The molecule has 1 N–H and O–H groups in total. The van der Waals surface area contributed by atoms with Crippen LogP contribution in [0, 0.1) is 5.41 Å². The van der Waals surface area contributed by atoms with E-state index in [9.17, 15) is 4.79 Å². The second-order valence-corrected chi connectivity index (χ2v) is 5.76. The summed E-state index contributed by atoms with van der Waals surface area (Å²) in [7, 11) is 1.67. The first-order chi connectivity index (χ1) is 9.24. The molecule has 0 saturated carbocycles. The molecular weight excluding hydrogens is 242 g/mol. The number of carbonyl (C=O) groups excluding carboxylic acids is 1. The number of piperidine rings is 1. The predicted molar refractivity (Wildman–Crippen MR) is 71.3 cm³/mol. The molecule has 2 aliphatic rings. The standard InChI is InChI=1S/C14H21N3O2/c1-19-7-6-17-13-11(10-16-17)8-14(9-12(13)18)2-4-15-5-3-14/h10,15H,2-9H2,1H3. The lowest BCUT2D eigenvalue weighted by molar-refractivity contribution is 0.0820. The molecule has 1 aromatic rings. The number of hydrogen-bond donors (Lipinski definition) is 1. The summed E-state index contributed by atoms with van der Waals surface area (Å²) >= 11 is 0. The van der Waals surface area contributed by atoms with E-state index in [1.165, 1.54) is 0 Å². The van der Waals surface area contributed by atoms with E-state index in [0.29, 0.717) is 19.6 Å². The van der Waals surface area contributed by atoms with E-state index < -0.39 is 0 Å². The maximum absolute atomic E-state index is 12.5. The van der Waals surface area contributed by atoms with Gasteiger partial charge in [-0.25, -0.2) is 0 Å². The fourth-order valence-corrected chi connectivity index (χ4v) is 3.43. The third-order valence-electron chi connectivity index (χ3n) is 4.45. The highest BCUT2D eigenvalue weighted by atomic mass is 16.5. The average Bonchev–Trinajstić information content (AvgIpc) is 2.80. The van der Waals surface area contributed by atoms with Crippen molar-refractivity contribution in [3.05, 3.63) is 17.5 Å². The minimum atomic E-state index is 0.185.